The van der Waals surface area contributed by atoms with Gasteiger partial charge in [0.2, 0.25) is 0 Å². The molecule has 0 rings (SSSR count). The Labute approximate surface area is 154 Å². The molecule has 0 radical (unpaired) electrons. The molecule has 0 aliphatic heterocycles. The molecule has 0 aromatic heterocycles. The first kappa shape index (κ1) is 24.2. The van der Waals surface area contributed by atoms with Crippen molar-refractivity contribution in [2.45, 2.75) is 52.4 Å². The van der Waals surface area contributed by atoms with E-state index in [1.54, 1.807) is 7.05 Å². The van der Waals surface area contributed by atoms with Crippen molar-refractivity contribution in [2.75, 3.05) is 32.1 Å². The van der Waals surface area contributed by atoms with Crippen LogP contribution in [0, 0.1) is 5.92 Å². The maximum absolute atomic E-state index is 11.0. The molecule has 0 aliphatic rings. The molecular formula is C15H34IN3O2S. The highest BCUT2D eigenvalue weighted by Gasteiger charge is 2.02. The second-order valence-electron chi connectivity index (χ2n) is 6.01. The summed E-state index contributed by atoms with van der Waals surface area (Å²) < 4.78 is 22.0. The maximum atomic E-state index is 11.0. The molecule has 0 heterocycles. The van der Waals surface area contributed by atoms with E-state index < -0.39 is 9.84 Å². The lowest BCUT2D eigenvalue weighted by Crippen LogP contribution is -2.38. The molecule has 0 saturated carbocycles. The second-order valence-corrected chi connectivity index (χ2v) is 8.27. The average Bonchev–Trinajstić information content (AvgIpc) is 2.38. The van der Waals surface area contributed by atoms with Gasteiger partial charge in [-0.1, -0.05) is 39.5 Å². The van der Waals surface area contributed by atoms with Crippen LogP contribution in [0.25, 0.3) is 0 Å². The fourth-order valence-electron chi connectivity index (χ4n) is 2.00. The first-order valence-corrected chi connectivity index (χ1v) is 10.0. The molecule has 2 N–H and O–H groups in total. The molecule has 0 saturated heterocycles. The van der Waals surface area contributed by atoms with Crippen molar-refractivity contribution in [2.24, 2.45) is 10.9 Å². The molecular weight excluding hydrogens is 413 g/mol. The van der Waals surface area contributed by atoms with Crippen LogP contribution in [-0.2, 0) is 9.84 Å². The van der Waals surface area contributed by atoms with Crippen molar-refractivity contribution in [1.82, 2.24) is 10.6 Å². The Kier molecular flexibility index (Phi) is 16.0. The molecule has 0 bridgehead atoms. The lowest BCUT2D eigenvalue weighted by Gasteiger charge is -2.11. The van der Waals surface area contributed by atoms with Crippen LogP contribution in [0.5, 0.6) is 0 Å². The van der Waals surface area contributed by atoms with Gasteiger partial charge in [-0.15, -0.1) is 24.0 Å². The number of sulfone groups is 1. The van der Waals surface area contributed by atoms with Gasteiger partial charge in [0.15, 0.2) is 5.96 Å². The number of aliphatic imine (C=N–C) groups is 1. The molecule has 0 atom stereocenters. The van der Waals surface area contributed by atoms with E-state index in [9.17, 15) is 8.42 Å². The van der Waals surface area contributed by atoms with Crippen LogP contribution in [-0.4, -0.2) is 46.5 Å². The Bertz CT molecular complexity index is 384. The highest BCUT2D eigenvalue weighted by molar-refractivity contribution is 14.0. The first-order valence-electron chi connectivity index (χ1n) is 7.97. The first-order chi connectivity index (χ1) is 9.85. The Hall–Kier alpha value is -0.0500. The molecule has 0 aliphatic carbocycles. The van der Waals surface area contributed by atoms with E-state index in [-0.39, 0.29) is 29.7 Å². The van der Waals surface area contributed by atoms with Crippen molar-refractivity contribution >= 4 is 39.8 Å². The third kappa shape index (κ3) is 18.0. The smallest absolute Gasteiger partial charge is 0.190 e. The van der Waals surface area contributed by atoms with Crippen molar-refractivity contribution in [3.05, 3.63) is 0 Å². The SMILES string of the molecule is CN=C(NCCCCCCC(C)C)NCCCS(C)(=O)=O.I. The van der Waals surface area contributed by atoms with Gasteiger partial charge in [0.25, 0.3) is 0 Å². The van der Waals surface area contributed by atoms with Crippen LogP contribution in [0.3, 0.4) is 0 Å². The fourth-order valence-corrected chi connectivity index (χ4v) is 2.67. The summed E-state index contributed by atoms with van der Waals surface area (Å²) in [5, 5.41) is 6.39. The summed E-state index contributed by atoms with van der Waals surface area (Å²) in [7, 11) is -1.13. The van der Waals surface area contributed by atoms with Crippen molar-refractivity contribution < 1.29 is 8.42 Å². The van der Waals surface area contributed by atoms with Crippen molar-refractivity contribution in [3.63, 3.8) is 0 Å². The summed E-state index contributed by atoms with van der Waals surface area (Å²) in [6.07, 6.45) is 8.17. The molecule has 0 spiro atoms. The highest BCUT2D eigenvalue weighted by atomic mass is 127. The highest BCUT2D eigenvalue weighted by Crippen LogP contribution is 2.08. The van der Waals surface area contributed by atoms with Gasteiger partial charge in [0.05, 0.1) is 5.75 Å². The Balaban J connectivity index is 0. The topological polar surface area (TPSA) is 70.6 Å². The van der Waals surface area contributed by atoms with Crippen LogP contribution in [0.2, 0.25) is 0 Å². The van der Waals surface area contributed by atoms with E-state index in [1.807, 2.05) is 0 Å². The van der Waals surface area contributed by atoms with E-state index in [2.05, 4.69) is 29.5 Å². The Morgan fingerprint density at radius 3 is 2.05 bits per heavy atom. The normalized spacial score (nSPS) is 12.1. The molecule has 0 aromatic carbocycles. The number of halogens is 1. The number of rotatable bonds is 11. The number of hydrogen-bond donors (Lipinski definition) is 2. The molecule has 7 heteroatoms. The van der Waals surface area contributed by atoms with Gasteiger partial charge in [0.1, 0.15) is 9.84 Å². The molecule has 134 valence electrons. The molecule has 0 amide bonds. The Morgan fingerprint density at radius 1 is 1.00 bits per heavy atom. The summed E-state index contributed by atoms with van der Waals surface area (Å²) in [4.78, 5) is 4.12. The van der Waals surface area contributed by atoms with E-state index in [0.717, 1.165) is 24.8 Å². The lowest BCUT2D eigenvalue weighted by atomic mass is 10.0. The summed E-state index contributed by atoms with van der Waals surface area (Å²) in [5.74, 6) is 1.77. The number of nitrogens with one attached hydrogen (secondary N) is 2. The van der Waals surface area contributed by atoms with Crippen molar-refractivity contribution in [1.29, 1.82) is 0 Å². The van der Waals surface area contributed by atoms with Crippen LogP contribution in [0.1, 0.15) is 52.4 Å². The molecule has 0 aromatic rings. The van der Waals surface area contributed by atoms with Crippen LogP contribution in [0.4, 0.5) is 0 Å². The summed E-state index contributed by atoms with van der Waals surface area (Å²) >= 11 is 0. The third-order valence-electron chi connectivity index (χ3n) is 3.21. The van der Waals surface area contributed by atoms with Gasteiger partial charge in [-0.3, -0.25) is 4.99 Å². The quantitative estimate of drug-likeness (QED) is 0.221. The summed E-state index contributed by atoms with van der Waals surface area (Å²) in [5.41, 5.74) is 0. The van der Waals surface area contributed by atoms with E-state index in [4.69, 9.17) is 0 Å². The van der Waals surface area contributed by atoms with E-state index in [0.29, 0.717) is 13.0 Å². The van der Waals surface area contributed by atoms with Crippen LogP contribution >= 0.6 is 24.0 Å². The van der Waals surface area contributed by atoms with Gasteiger partial charge < -0.3 is 10.6 Å². The van der Waals surface area contributed by atoms with E-state index in [1.165, 1.54) is 31.9 Å². The standard InChI is InChI=1S/C15H33N3O2S.HI/c1-14(2)10-7-5-6-8-11-17-15(16-3)18-12-9-13-21(4,19)20;/h14H,5-13H2,1-4H3,(H2,16,17,18);1H. The molecule has 5 nitrogen and oxygen atoms in total. The zero-order valence-electron chi connectivity index (χ0n) is 14.5. The summed E-state index contributed by atoms with van der Waals surface area (Å²) in [6, 6.07) is 0. The minimum absolute atomic E-state index is 0. The van der Waals surface area contributed by atoms with Gasteiger partial charge in [0, 0.05) is 26.4 Å². The number of guanidine groups is 1. The van der Waals surface area contributed by atoms with E-state index >= 15 is 0 Å². The summed E-state index contributed by atoms with van der Waals surface area (Å²) in [6.45, 7) is 6.07. The minimum atomic E-state index is -2.87. The van der Waals surface area contributed by atoms with Gasteiger partial charge in [-0.05, 0) is 18.8 Å². The van der Waals surface area contributed by atoms with Crippen LogP contribution < -0.4 is 10.6 Å². The van der Waals surface area contributed by atoms with Crippen molar-refractivity contribution in [3.8, 4) is 0 Å². The predicted octanol–water partition coefficient (Wildman–Crippen LogP) is 2.81. The zero-order valence-corrected chi connectivity index (χ0v) is 17.7. The van der Waals surface area contributed by atoms with Gasteiger partial charge in [-0.2, -0.15) is 0 Å². The predicted molar refractivity (Wildman–Crippen MR) is 107 cm³/mol. The lowest BCUT2D eigenvalue weighted by molar-refractivity contribution is 0.518. The molecule has 22 heavy (non-hydrogen) atoms. The fraction of sp³-hybridized carbons (Fsp3) is 0.933. The van der Waals surface area contributed by atoms with Gasteiger partial charge in [-0.25, -0.2) is 8.42 Å². The maximum Gasteiger partial charge on any atom is 0.190 e. The number of unbranched alkanes of at least 4 members (excludes halogenated alkanes) is 3. The molecule has 0 fully saturated rings. The van der Waals surface area contributed by atoms with Gasteiger partial charge >= 0.3 is 0 Å². The Morgan fingerprint density at radius 2 is 1.55 bits per heavy atom. The van der Waals surface area contributed by atoms with Crippen LogP contribution in [0.15, 0.2) is 4.99 Å². The monoisotopic (exact) mass is 447 g/mol. The minimum Gasteiger partial charge on any atom is -0.356 e. The third-order valence-corrected chi connectivity index (χ3v) is 4.24. The molecule has 0 unspecified atom stereocenters. The number of nitrogens with zero attached hydrogens (tertiary/aromatic N) is 1. The number of hydrogen-bond acceptors (Lipinski definition) is 3. The zero-order chi connectivity index (χ0) is 16.1. The average molecular weight is 447 g/mol. The second kappa shape index (κ2) is 14.5. The largest absolute Gasteiger partial charge is 0.356 e.